The van der Waals surface area contributed by atoms with Crippen molar-refractivity contribution < 1.29 is 28.7 Å². The Morgan fingerprint density at radius 2 is 2.05 bits per heavy atom. The molecule has 108 valence electrons. The average molecular weight is 283 g/mol. The summed E-state index contributed by atoms with van der Waals surface area (Å²) in [4.78, 5) is 32.3. The van der Waals surface area contributed by atoms with Gasteiger partial charge in [0.2, 0.25) is 5.75 Å². The summed E-state index contributed by atoms with van der Waals surface area (Å²) in [6.07, 6.45) is -0.613. The van der Waals surface area contributed by atoms with Crippen molar-refractivity contribution in [2.75, 3.05) is 14.2 Å². The number of carbonyl (C=O) groups excluding carboxylic acids is 2. The number of benzene rings is 1. The molecule has 0 aliphatic heterocycles. The number of nitrogens with zero attached hydrogens (tertiary/aromatic N) is 1. The van der Waals surface area contributed by atoms with Crippen LogP contribution in [0.1, 0.15) is 17.3 Å². The second-order valence-electron chi connectivity index (χ2n) is 3.73. The fourth-order valence-electron chi connectivity index (χ4n) is 1.47. The van der Waals surface area contributed by atoms with Gasteiger partial charge in [-0.15, -0.1) is 0 Å². The maximum atomic E-state index is 11.3. The van der Waals surface area contributed by atoms with E-state index in [1.165, 1.54) is 27.2 Å². The summed E-state index contributed by atoms with van der Waals surface area (Å²) < 4.78 is 14.6. The van der Waals surface area contributed by atoms with Crippen LogP contribution >= 0.6 is 0 Å². The highest BCUT2D eigenvalue weighted by atomic mass is 16.6. The summed E-state index contributed by atoms with van der Waals surface area (Å²) in [5, 5.41) is 11.0. The predicted molar refractivity (Wildman–Crippen MR) is 67.1 cm³/mol. The molecule has 0 fully saturated rings. The highest BCUT2D eigenvalue weighted by molar-refractivity contribution is 5.80. The summed E-state index contributed by atoms with van der Waals surface area (Å²) in [5.74, 6) is -0.945. The molecule has 1 atom stereocenters. The van der Waals surface area contributed by atoms with Crippen LogP contribution < -0.4 is 9.47 Å². The molecule has 0 bridgehead atoms. The summed E-state index contributed by atoms with van der Waals surface area (Å²) in [6.45, 7) is 1.38. The van der Waals surface area contributed by atoms with E-state index in [0.717, 1.165) is 6.07 Å². The van der Waals surface area contributed by atoms with E-state index in [1.807, 2.05) is 0 Å². The number of esters is 1. The largest absolute Gasteiger partial charge is 0.493 e. The van der Waals surface area contributed by atoms with Gasteiger partial charge < -0.3 is 14.2 Å². The molecular formula is C12H13NO7. The number of hydrogen-bond donors (Lipinski definition) is 0. The van der Waals surface area contributed by atoms with Crippen molar-refractivity contribution >= 4 is 17.9 Å². The monoisotopic (exact) mass is 283 g/mol. The standard InChI is InChI=1S/C12H13NO7/c1-7(12(15)19-3)20-11-9(13(16)17)4-8(6-14)5-10(11)18-2/h4-7H,1-3H3. The fraction of sp³-hybridized carbons (Fsp3) is 0.333. The Morgan fingerprint density at radius 3 is 2.50 bits per heavy atom. The second-order valence-corrected chi connectivity index (χ2v) is 3.73. The first-order valence-electron chi connectivity index (χ1n) is 5.50. The van der Waals surface area contributed by atoms with Crippen LogP contribution in [0.3, 0.4) is 0 Å². The summed E-state index contributed by atoms with van der Waals surface area (Å²) >= 11 is 0. The number of rotatable bonds is 6. The van der Waals surface area contributed by atoms with Crippen molar-refractivity contribution in [3.8, 4) is 11.5 Å². The number of carbonyl (C=O) groups is 2. The van der Waals surface area contributed by atoms with Crippen LogP contribution in [-0.2, 0) is 9.53 Å². The molecule has 0 amide bonds. The molecule has 8 nitrogen and oxygen atoms in total. The maximum Gasteiger partial charge on any atom is 0.346 e. The normalized spacial score (nSPS) is 11.3. The van der Waals surface area contributed by atoms with Gasteiger partial charge in [0, 0.05) is 11.6 Å². The van der Waals surface area contributed by atoms with Gasteiger partial charge in [-0.3, -0.25) is 14.9 Å². The van der Waals surface area contributed by atoms with Crippen LogP contribution in [0.4, 0.5) is 5.69 Å². The molecule has 8 heteroatoms. The van der Waals surface area contributed by atoms with Crippen LogP contribution in [-0.4, -0.2) is 37.5 Å². The Morgan fingerprint density at radius 1 is 1.40 bits per heavy atom. The Hall–Kier alpha value is -2.64. The van der Waals surface area contributed by atoms with Crippen molar-refractivity contribution in [2.24, 2.45) is 0 Å². The highest BCUT2D eigenvalue weighted by Gasteiger charge is 2.26. The lowest BCUT2D eigenvalue weighted by atomic mass is 10.2. The number of ether oxygens (including phenoxy) is 3. The van der Waals surface area contributed by atoms with Gasteiger partial charge in [0.25, 0.3) is 0 Å². The van der Waals surface area contributed by atoms with Crippen molar-refractivity contribution in [3.63, 3.8) is 0 Å². The molecule has 0 heterocycles. The van der Waals surface area contributed by atoms with Crippen LogP contribution in [0.15, 0.2) is 12.1 Å². The first kappa shape index (κ1) is 15.4. The third kappa shape index (κ3) is 3.22. The fourth-order valence-corrected chi connectivity index (χ4v) is 1.47. The van der Waals surface area contributed by atoms with Crippen LogP contribution in [0.2, 0.25) is 0 Å². The summed E-state index contributed by atoms with van der Waals surface area (Å²) in [5.41, 5.74) is -0.408. The Bertz CT molecular complexity index is 541. The molecule has 1 rings (SSSR count). The van der Waals surface area contributed by atoms with E-state index in [4.69, 9.17) is 9.47 Å². The zero-order valence-electron chi connectivity index (χ0n) is 11.1. The Kier molecular flexibility index (Phi) is 5.01. The lowest BCUT2D eigenvalue weighted by molar-refractivity contribution is -0.386. The van der Waals surface area contributed by atoms with Gasteiger partial charge in [-0.05, 0) is 13.0 Å². The lowest BCUT2D eigenvalue weighted by Gasteiger charge is -2.15. The highest BCUT2D eigenvalue weighted by Crippen LogP contribution is 2.38. The molecule has 0 spiro atoms. The quantitative estimate of drug-likeness (QED) is 0.336. The van der Waals surface area contributed by atoms with Gasteiger partial charge in [0.05, 0.1) is 19.1 Å². The second kappa shape index (κ2) is 6.50. The average Bonchev–Trinajstić information content (AvgIpc) is 2.45. The first-order valence-corrected chi connectivity index (χ1v) is 5.50. The third-order valence-corrected chi connectivity index (χ3v) is 2.44. The molecule has 0 saturated carbocycles. The molecule has 20 heavy (non-hydrogen) atoms. The molecule has 1 aromatic carbocycles. The van der Waals surface area contributed by atoms with Crippen molar-refractivity contribution in [1.82, 2.24) is 0 Å². The molecule has 0 saturated heterocycles. The third-order valence-electron chi connectivity index (χ3n) is 2.44. The van der Waals surface area contributed by atoms with Gasteiger partial charge >= 0.3 is 11.7 Å². The minimum atomic E-state index is -1.06. The van der Waals surface area contributed by atoms with Gasteiger partial charge in [-0.1, -0.05) is 0 Å². The van der Waals surface area contributed by atoms with Crippen molar-refractivity contribution in [3.05, 3.63) is 27.8 Å². The van der Waals surface area contributed by atoms with E-state index in [-0.39, 0.29) is 17.1 Å². The van der Waals surface area contributed by atoms with Crippen LogP contribution in [0.5, 0.6) is 11.5 Å². The lowest BCUT2D eigenvalue weighted by Crippen LogP contribution is -2.25. The van der Waals surface area contributed by atoms with Gasteiger partial charge in [-0.2, -0.15) is 0 Å². The number of hydrogen-bond acceptors (Lipinski definition) is 7. The summed E-state index contributed by atoms with van der Waals surface area (Å²) in [7, 11) is 2.44. The van der Waals surface area contributed by atoms with Crippen molar-refractivity contribution in [2.45, 2.75) is 13.0 Å². The smallest absolute Gasteiger partial charge is 0.346 e. The number of nitro benzene ring substituents is 1. The SMILES string of the molecule is COC(=O)C(C)Oc1c(OC)cc(C=O)cc1[N+](=O)[O-]. The Labute approximate surface area is 114 Å². The minimum Gasteiger partial charge on any atom is -0.493 e. The molecular weight excluding hydrogens is 270 g/mol. The van der Waals surface area contributed by atoms with E-state index in [2.05, 4.69) is 4.74 Å². The zero-order chi connectivity index (χ0) is 15.3. The molecule has 0 N–H and O–H groups in total. The predicted octanol–water partition coefficient (Wildman–Crippen LogP) is 1.36. The van der Waals surface area contributed by atoms with E-state index in [9.17, 15) is 19.7 Å². The zero-order valence-corrected chi connectivity index (χ0v) is 11.1. The molecule has 0 aromatic heterocycles. The summed E-state index contributed by atoms with van der Waals surface area (Å²) in [6, 6.07) is 2.31. The minimum absolute atomic E-state index is 0.0166. The van der Waals surface area contributed by atoms with E-state index in [0.29, 0.717) is 6.29 Å². The van der Waals surface area contributed by atoms with E-state index >= 15 is 0 Å². The first-order chi connectivity index (χ1) is 9.44. The van der Waals surface area contributed by atoms with Gasteiger partial charge in [0.15, 0.2) is 11.9 Å². The molecule has 1 unspecified atom stereocenters. The molecule has 1 aromatic rings. The van der Waals surface area contributed by atoms with Crippen LogP contribution in [0.25, 0.3) is 0 Å². The van der Waals surface area contributed by atoms with Crippen molar-refractivity contribution in [1.29, 1.82) is 0 Å². The van der Waals surface area contributed by atoms with E-state index < -0.39 is 22.7 Å². The van der Waals surface area contributed by atoms with E-state index in [1.54, 1.807) is 0 Å². The number of nitro groups is 1. The van der Waals surface area contributed by atoms with Gasteiger partial charge in [-0.25, -0.2) is 4.79 Å². The molecule has 0 aliphatic carbocycles. The number of aldehydes is 1. The van der Waals surface area contributed by atoms with Crippen LogP contribution in [0, 0.1) is 10.1 Å². The number of methoxy groups -OCH3 is 2. The Balaban J connectivity index is 3.31. The van der Waals surface area contributed by atoms with Gasteiger partial charge in [0.1, 0.15) is 6.29 Å². The molecule has 0 aliphatic rings. The topological polar surface area (TPSA) is 105 Å². The molecule has 0 radical (unpaired) electrons. The maximum absolute atomic E-state index is 11.3.